The van der Waals surface area contributed by atoms with Gasteiger partial charge in [-0.15, -0.1) is 0 Å². The Kier molecular flexibility index (Phi) is 2.92. The van der Waals surface area contributed by atoms with Crippen molar-refractivity contribution in [3.8, 4) is 0 Å². The lowest BCUT2D eigenvalue weighted by Crippen LogP contribution is -2.15. The zero-order valence-electron chi connectivity index (χ0n) is 6.77. The monoisotopic (exact) mass is 184 g/mol. The van der Waals surface area contributed by atoms with E-state index in [1.165, 1.54) is 12.3 Å². The van der Waals surface area contributed by atoms with E-state index in [4.69, 9.17) is 10.8 Å². The molecule has 0 aliphatic heterocycles. The Morgan fingerprint density at radius 2 is 2.38 bits per heavy atom. The third-order valence-electron chi connectivity index (χ3n) is 1.55. The summed E-state index contributed by atoms with van der Waals surface area (Å²) in [6, 6.07) is 0.473. The number of carboxylic acid groups (broad SMARTS) is 1. The van der Waals surface area contributed by atoms with Crippen LogP contribution in [-0.4, -0.2) is 16.1 Å². The van der Waals surface area contributed by atoms with Crippen LogP contribution in [0.2, 0.25) is 0 Å². The van der Waals surface area contributed by atoms with Gasteiger partial charge >= 0.3 is 5.97 Å². The van der Waals surface area contributed by atoms with Gasteiger partial charge in [-0.2, -0.15) is 0 Å². The molecular formula is C8H9FN2O2. The molecule has 5 heteroatoms. The van der Waals surface area contributed by atoms with E-state index in [2.05, 4.69) is 4.98 Å². The Bertz CT molecular complexity index is 317. The molecule has 0 saturated heterocycles. The maximum absolute atomic E-state index is 12.6. The smallest absolute Gasteiger partial charge is 0.305 e. The molecule has 1 aromatic rings. The average Bonchev–Trinajstić information content (AvgIpc) is 2.03. The van der Waals surface area contributed by atoms with E-state index in [0.29, 0.717) is 5.56 Å². The molecule has 0 saturated carbocycles. The molecule has 0 spiro atoms. The second kappa shape index (κ2) is 3.95. The highest BCUT2D eigenvalue weighted by molar-refractivity contribution is 5.67. The Morgan fingerprint density at radius 1 is 1.69 bits per heavy atom. The number of carbonyl (C=O) groups is 1. The van der Waals surface area contributed by atoms with E-state index in [1.54, 1.807) is 0 Å². The third kappa shape index (κ3) is 2.79. The van der Waals surface area contributed by atoms with E-state index in [0.717, 1.165) is 6.20 Å². The van der Waals surface area contributed by atoms with Gasteiger partial charge in [0.15, 0.2) is 0 Å². The summed E-state index contributed by atoms with van der Waals surface area (Å²) in [5.74, 6) is -1.53. The lowest BCUT2D eigenvalue weighted by molar-refractivity contribution is -0.137. The number of halogens is 1. The van der Waals surface area contributed by atoms with Crippen LogP contribution in [-0.2, 0) is 4.79 Å². The number of pyridine rings is 1. The van der Waals surface area contributed by atoms with Crippen LogP contribution in [0.1, 0.15) is 18.0 Å². The summed E-state index contributed by atoms with van der Waals surface area (Å²) < 4.78 is 12.6. The first-order chi connectivity index (χ1) is 6.09. The Labute approximate surface area is 74.2 Å². The first-order valence-corrected chi connectivity index (χ1v) is 3.67. The number of hydrogen-bond donors (Lipinski definition) is 2. The van der Waals surface area contributed by atoms with Crippen LogP contribution in [0, 0.1) is 5.82 Å². The van der Waals surface area contributed by atoms with Gasteiger partial charge in [0, 0.05) is 12.2 Å². The van der Waals surface area contributed by atoms with E-state index in [-0.39, 0.29) is 6.42 Å². The molecule has 13 heavy (non-hydrogen) atoms. The minimum absolute atomic E-state index is 0.231. The van der Waals surface area contributed by atoms with E-state index in [1.807, 2.05) is 0 Å². The van der Waals surface area contributed by atoms with Crippen molar-refractivity contribution in [2.24, 2.45) is 5.73 Å². The van der Waals surface area contributed by atoms with Crippen molar-refractivity contribution in [2.75, 3.05) is 0 Å². The zero-order chi connectivity index (χ0) is 9.84. The normalized spacial score (nSPS) is 12.5. The van der Waals surface area contributed by atoms with Crippen LogP contribution in [0.15, 0.2) is 18.5 Å². The van der Waals surface area contributed by atoms with Crippen molar-refractivity contribution in [1.29, 1.82) is 0 Å². The van der Waals surface area contributed by atoms with Gasteiger partial charge in [-0.25, -0.2) is 4.39 Å². The molecule has 1 heterocycles. The second-order valence-corrected chi connectivity index (χ2v) is 2.64. The predicted molar refractivity (Wildman–Crippen MR) is 43.4 cm³/mol. The second-order valence-electron chi connectivity index (χ2n) is 2.64. The maximum Gasteiger partial charge on any atom is 0.305 e. The lowest BCUT2D eigenvalue weighted by Gasteiger charge is -2.07. The molecule has 3 N–H and O–H groups in total. The Hall–Kier alpha value is -1.49. The molecule has 1 aromatic heterocycles. The largest absolute Gasteiger partial charge is 0.481 e. The maximum atomic E-state index is 12.6. The van der Waals surface area contributed by atoms with Gasteiger partial charge < -0.3 is 10.8 Å². The highest BCUT2D eigenvalue weighted by atomic mass is 19.1. The van der Waals surface area contributed by atoms with Crippen LogP contribution >= 0.6 is 0 Å². The standard InChI is InChI=1S/C8H9FN2O2/c9-6-1-5(3-11-4-6)7(10)2-8(12)13/h1,3-4,7H,2,10H2,(H,12,13)/t7-/m1/s1. The molecule has 0 amide bonds. The topological polar surface area (TPSA) is 76.2 Å². The van der Waals surface area contributed by atoms with Crippen molar-refractivity contribution >= 4 is 5.97 Å². The first-order valence-electron chi connectivity index (χ1n) is 3.67. The minimum Gasteiger partial charge on any atom is -0.481 e. The molecule has 0 aliphatic rings. The number of nitrogens with zero attached hydrogens (tertiary/aromatic N) is 1. The zero-order valence-corrected chi connectivity index (χ0v) is 6.77. The van der Waals surface area contributed by atoms with Crippen LogP contribution < -0.4 is 5.73 Å². The van der Waals surface area contributed by atoms with Crippen LogP contribution in [0.3, 0.4) is 0 Å². The van der Waals surface area contributed by atoms with Gasteiger partial charge in [0.25, 0.3) is 0 Å². The number of aliphatic carboxylic acids is 1. The number of rotatable bonds is 3. The van der Waals surface area contributed by atoms with E-state index < -0.39 is 17.8 Å². The van der Waals surface area contributed by atoms with Gasteiger partial charge in [0.1, 0.15) is 5.82 Å². The molecule has 0 unspecified atom stereocenters. The van der Waals surface area contributed by atoms with Crippen LogP contribution in [0.4, 0.5) is 4.39 Å². The summed E-state index contributed by atoms with van der Waals surface area (Å²) in [5.41, 5.74) is 5.87. The first kappa shape index (κ1) is 9.60. The molecule has 0 bridgehead atoms. The molecule has 0 aliphatic carbocycles. The van der Waals surface area contributed by atoms with E-state index in [9.17, 15) is 9.18 Å². The molecule has 70 valence electrons. The summed E-state index contributed by atoms with van der Waals surface area (Å²) in [6.45, 7) is 0. The van der Waals surface area contributed by atoms with Gasteiger partial charge in [-0.1, -0.05) is 0 Å². The summed E-state index contributed by atoms with van der Waals surface area (Å²) in [4.78, 5) is 13.8. The van der Waals surface area contributed by atoms with Gasteiger partial charge in [0.2, 0.25) is 0 Å². The fourth-order valence-corrected chi connectivity index (χ4v) is 0.937. The number of hydrogen-bond acceptors (Lipinski definition) is 3. The van der Waals surface area contributed by atoms with Crippen molar-refractivity contribution in [1.82, 2.24) is 4.98 Å². The average molecular weight is 184 g/mol. The molecule has 1 rings (SSSR count). The van der Waals surface area contributed by atoms with Gasteiger partial charge in [0.05, 0.1) is 12.6 Å². The minimum atomic E-state index is -1.02. The fourth-order valence-electron chi connectivity index (χ4n) is 0.937. The highest BCUT2D eigenvalue weighted by Gasteiger charge is 2.11. The van der Waals surface area contributed by atoms with E-state index >= 15 is 0 Å². The summed E-state index contributed by atoms with van der Waals surface area (Å²) >= 11 is 0. The number of aromatic nitrogens is 1. The van der Waals surface area contributed by atoms with Crippen LogP contribution in [0.25, 0.3) is 0 Å². The lowest BCUT2D eigenvalue weighted by atomic mass is 10.1. The Balaban J connectivity index is 2.76. The highest BCUT2D eigenvalue weighted by Crippen LogP contribution is 2.13. The quantitative estimate of drug-likeness (QED) is 0.724. The van der Waals surface area contributed by atoms with Crippen molar-refractivity contribution in [2.45, 2.75) is 12.5 Å². The van der Waals surface area contributed by atoms with Crippen molar-refractivity contribution < 1.29 is 14.3 Å². The predicted octanol–water partition coefficient (Wildman–Crippen LogP) is 0.695. The Morgan fingerprint density at radius 3 is 2.92 bits per heavy atom. The van der Waals surface area contributed by atoms with Crippen molar-refractivity contribution in [3.05, 3.63) is 29.8 Å². The van der Waals surface area contributed by atoms with Gasteiger partial charge in [-0.05, 0) is 11.6 Å². The SMILES string of the molecule is N[C@H](CC(=O)O)c1cncc(F)c1. The molecule has 0 aromatic carbocycles. The molecule has 0 radical (unpaired) electrons. The van der Waals surface area contributed by atoms with Crippen LogP contribution in [0.5, 0.6) is 0 Å². The number of carboxylic acids is 1. The van der Waals surface area contributed by atoms with Crippen molar-refractivity contribution in [3.63, 3.8) is 0 Å². The summed E-state index contributed by atoms with van der Waals surface area (Å²) in [5, 5.41) is 8.42. The summed E-state index contributed by atoms with van der Waals surface area (Å²) in [6.07, 6.45) is 2.17. The fraction of sp³-hybridized carbons (Fsp3) is 0.250. The molecule has 0 fully saturated rings. The number of nitrogens with two attached hydrogens (primary N) is 1. The molecule has 1 atom stereocenters. The molecular weight excluding hydrogens is 175 g/mol. The third-order valence-corrected chi connectivity index (χ3v) is 1.55. The van der Waals surface area contributed by atoms with Gasteiger partial charge in [-0.3, -0.25) is 9.78 Å². The molecule has 4 nitrogen and oxygen atoms in total. The summed E-state index contributed by atoms with van der Waals surface area (Å²) in [7, 11) is 0.